The van der Waals surface area contributed by atoms with Gasteiger partial charge in [0.1, 0.15) is 6.10 Å². The number of aliphatic hydroxyl groups excluding tert-OH is 1. The third-order valence-electron chi connectivity index (χ3n) is 9.86. The van der Waals surface area contributed by atoms with Crippen LogP contribution in [-0.2, 0) is 39.6 Å². The van der Waals surface area contributed by atoms with Crippen molar-refractivity contribution in [3.8, 4) is 0 Å². The molecule has 0 spiro atoms. The van der Waals surface area contributed by atoms with E-state index in [1.165, 1.54) is 69.8 Å². The van der Waals surface area contributed by atoms with Crippen LogP contribution in [0.1, 0.15) is 165 Å². The van der Waals surface area contributed by atoms with Gasteiger partial charge in [0.15, 0.2) is 0 Å². The number of hydrogen-bond acceptors (Lipinski definition) is 8. The molecule has 1 atom stereocenters. The molecule has 0 unspecified atom stereocenters. The van der Waals surface area contributed by atoms with Gasteiger partial charge in [-0.1, -0.05) is 67.1 Å². The Morgan fingerprint density at radius 3 is 1.30 bits per heavy atom. The molecule has 1 saturated heterocycles. The minimum Gasteiger partial charge on any atom is -0.386 e. The maximum atomic E-state index is 9.64. The van der Waals surface area contributed by atoms with E-state index in [4.69, 9.17) is 33.2 Å². The quantitative estimate of drug-likeness (QED) is 0.159. The standard InChI is InChI=1S/C11H16O2.C11H16O.C9H18O2.C8H16O.C7H14O.C6H12O/c1-9(2)13-8-11(12)10-6-4-3-5-7-10;1-10(2)12-9-8-11-6-4-3-5-7-11;1-8(2)11-7-9-3-5-10-6-4-9;1-7(2)9-6-8-4-3-5-8;1-6(2)8-7-4-3-5-7;1-5(2)7-6-3-4-6/h3-7,9,11-12H,8H2,1-2H3;3-7,10H,8-9H2,1-2H3;8-9H,3-7H2,1-2H3;7-8H,3-6H2,1-2H3;6-7H,3-5H2,1-2H3;5-6H,3-4H2,1-2H3/t11-;;;;;/m1...../s1. The summed E-state index contributed by atoms with van der Waals surface area (Å²) in [5.74, 6) is 1.64. The first-order chi connectivity index (χ1) is 28.6. The zero-order valence-corrected chi connectivity index (χ0v) is 40.5. The Kier molecular flexibility index (Phi) is 33.3. The molecule has 0 aromatic heterocycles. The van der Waals surface area contributed by atoms with Crippen LogP contribution in [0.5, 0.6) is 0 Å². The molecule has 4 fully saturated rings. The highest BCUT2D eigenvalue weighted by Crippen LogP contribution is 2.27. The van der Waals surface area contributed by atoms with Crippen LogP contribution in [0.25, 0.3) is 0 Å². The van der Waals surface area contributed by atoms with Gasteiger partial charge in [0.25, 0.3) is 0 Å². The van der Waals surface area contributed by atoms with Crippen molar-refractivity contribution in [2.75, 3.05) is 39.6 Å². The predicted molar refractivity (Wildman–Crippen MR) is 250 cm³/mol. The Labute approximate surface area is 369 Å². The van der Waals surface area contributed by atoms with Gasteiger partial charge in [-0.3, -0.25) is 0 Å². The van der Waals surface area contributed by atoms with Crippen LogP contribution in [0.2, 0.25) is 0 Å². The zero-order valence-electron chi connectivity index (χ0n) is 40.5. The van der Waals surface area contributed by atoms with E-state index in [1.807, 2.05) is 50.2 Å². The molecule has 0 amide bonds. The largest absolute Gasteiger partial charge is 0.386 e. The fourth-order valence-corrected chi connectivity index (χ4v) is 5.82. The van der Waals surface area contributed by atoms with Crippen LogP contribution < -0.4 is 0 Å². The second kappa shape index (κ2) is 35.6. The molecule has 1 heterocycles. The van der Waals surface area contributed by atoms with Crippen molar-refractivity contribution in [1.82, 2.24) is 0 Å². The zero-order chi connectivity index (χ0) is 44.5. The molecule has 6 rings (SSSR count). The maximum Gasteiger partial charge on any atom is 0.102 e. The number of ether oxygens (including phenoxy) is 7. The van der Waals surface area contributed by atoms with Gasteiger partial charge in [-0.2, -0.15) is 0 Å². The van der Waals surface area contributed by atoms with Crippen LogP contribution in [0.15, 0.2) is 60.7 Å². The van der Waals surface area contributed by atoms with Gasteiger partial charge in [-0.25, -0.2) is 0 Å². The lowest BCUT2D eigenvalue weighted by Gasteiger charge is -2.27. The summed E-state index contributed by atoms with van der Waals surface area (Å²) in [7, 11) is 0. The lowest BCUT2D eigenvalue weighted by atomic mass is 9.86. The summed E-state index contributed by atoms with van der Waals surface area (Å²) in [6, 6.07) is 20.0. The second-order valence-electron chi connectivity index (χ2n) is 18.2. The minimum absolute atomic E-state index is 0.165. The summed E-state index contributed by atoms with van der Waals surface area (Å²) in [6.45, 7) is 29.7. The topological polar surface area (TPSA) is 84.8 Å². The van der Waals surface area contributed by atoms with Gasteiger partial charge >= 0.3 is 0 Å². The maximum absolute atomic E-state index is 9.64. The molecule has 1 aliphatic heterocycles. The van der Waals surface area contributed by atoms with Crippen molar-refractivity contribution in [3.05, 3.63) is 71.8 Å². The Morgan fingerprint density at radius 2 is 0.933 bits per heavy atom. The smallest absolute Gasteiger partial charge is 0.102 e. The highest BCUT2D eigenvalue weighted by Gasteiger charge is 2.23. The monoisotopic (exact) mass is 845 g/mol. The highest BCUT2D eigenvalue weighted by atomic mass is 16.5. The van der Waals surface area contributed by atoms with E-state index in [2.05, 4.69) is 93.5 Å². The van der Waals surface area contributed by atoms with E-state index < -0.39 is 6.10 Å². The Balaban J connectivity index is 0.000000364. The fourth-order valence-electron chi connectivity index (χ4n) is 5.82. The van der Waals surface area contributed by atoms with Crippen LogP contribution in [0.3, 0.4) is 0 Å². The lowest BCUT2D eigenvalue weighted by Crippen LogP contribution is -2.24. The van der Waals surface area contributed by atoms with Crippen LogP contribution in [-0.4, -0.2) is 93.6 Å². The van der Waals surface area contributed by atoms with E-state index in [0.29, 0.717) is 49.3 Å². The minimum atomic E-state index is -0.511. The van der Waals surface area contributed by atoms with Crippen molar-refractivity contribution in [2.24, 2.45) is 11.8 Å². The number of hydrogen-bond donors (Lipinski definition) is 1. The first-order valence-corrected chi connectivity index (χ1v) is 23.8. The normalized spacial score (nSPS) is 17.2. The third-order valence-corrected chi connectivity index (χ3v) is 9.86. The first-order valence-electron chi connectivity index (χ1n) is 23.8. The fraction of sp³-hybridized carbons (Fsp3) is 0.769. The lowest BCUT2D eigenvalue weighted by molar-refractivity contribution is -0.0347. The van der Waals surface area contributed by atoms with Crippen molar-refractivity contribution >= 4 is 0 Å². The molecular weight excluding hydrogens is 753 g/mol. The number of rotatable bonds is 18. The number of aliphatic hydroxyl groups is 1. The Hall–Kier alpha value is -1.88. The van der Waals surface area contributed by atoms with Crippen LogP contribution >= 0.6 is 0 Å². The van der Waals surface area contributed by atoms with Gasteiger partial charge in [-0.15, -0.1) is 0 Å². The van der Waals surface area contributed by atoms with E-state index in [1.54, 1.807) is 0 Å². The molecule has 4 aliphatic rings. The molecule has 8 heteroatoms. The summed E-state index contributed by atoms with van der Waals surface area (Å²) in [6.07, 6.45) is 17.0. The molecular formula is C52H92O8. The molecule has 3 aliphatic carbocycles. The third kappa shape index (κ3) is 34.7. The average molecular weight is 845 g/mol. The molecule has 0 bridgehead atoms. The van der Waals surface area contributed by atoms with Crippen molar-refractivity contribution < 1.29 is 38.3 Å². The van der Waals surface area contributed by atoms with Crippen molar-refractivity contribution in [3.63, 3.8) is 0 Å². The summed E-state index contributed by atoms with van der Waals surface area (Å²) in [5.41, 5.74) is 2.25. The summed E-state index contributed by atoms with van der Waals surface area (Å²) in [5, 5.41) is 9.64. The van der Waals surface area contributed by atoms with Gasteiger partial charge in [-0.05, 0) is 170 Å². The molecule has 348 valence electrons. The molecule has 2 aromatic carbocycles. The summed E-state index contributed by atoms with van der Waals surface area (Å²) < 4.78 is 37.8. The van der Waals surface area contributed by atoms with Crippen molar-refractivity contribution in [2.45, 2.75) is 209 Å². The molecule has 60 heavy (non-hydrogen) atoms. The summed E-state index contributed by atoms with van der Waals surface area (Å²) in [4.78, 5) is 0. The average Bonchev–Trinajstić information content (AvgIpc) is 4.00. The first kappa shape index (κ1) is 56.1. The van der Waals surface area contributed by atoms with Crippen LogP contribution in [0, 0.1) is 11.8 Å². The van der Waals surface area contributed by atoms with E-state index in [0.717, 1.165) is 56.9 Å². The molecule has 3 saturated carbocycles. The highest BCUT2D eigenvalue weighted by molar-refractivity contribution is 5.17. The van der Waals surface area contributed by atoms with Crippen molar-refractivity contribution in [1.29, 1.82) is 0 Å². The van der Waals surface area contributed by atoms with Gasteiger partial charge in [0, 0.05) is 26.4 Å². The predicted octanol–water partition coefficient (Wildman–Crippen LogP) is 12.4. The second-order valence-corrected chi connectivity index (χ2v) is 18.2. The SMILES string of the molecule is CC(C)OC1CC1.CC(C)OC1CCC1.CC(C)OCC1CCC1.CC(C)OCC1CCOCC1.CC(C)OCCc1ccccc1.CC(C)OC[C@@H](O)c1ccccc1. The van der Waals surface area contributed by atoms with Gasteiger partial charge < -0.3 is 38.3 Å². The van der Waals surface area contributed by atoms with Crippen LogP contribution in [0.4, 0.5) is 0 Å². The Bertz CT molecular complexity index is 1190. The molecule has 8 nitrogen and oxygen atoms in total. The van der Waals surface area contributed by atoms with E-state index in [9.17, 15) is 5.11 Å². The van der Waals surface area contributed by atoms with Gasteiger partial charge in [0.05, 0.1) is 62.0 Å². The Morgan fingerprint density at radius 1 is 0.500 bits per heavy atom. The van der Waals surface area contributed by atoms with E-state index >= 15 is 0 Å². The molecule has 0 radical (unpaired) electrons. The van der Waals surface area contributed by atoms with E-state index in [-0.39, 0.29) is 6.10 Å². The molecule has 2 aromatic rings. The number of benzene rings is 2. The summed E-state index contributed by atoms with van der Waals surface area (Å²) >= 11 is 0. The van der Waals surface area contributed by atoms with Gasteiger partial charge in [0.2, 0.25) is 0 Å². The molecule has 1 N–H and O–H groups in total.